The molecule has 0 saturated heterocycles. The van der Waals surface area contributed by atoms with Crippen molar-refractivity contribution in [3.8, 4) is 11.1 Å². The summed E-state index contributed by atoms with van der Waals surface area (Å²) in [7, 11) is 2.03. The van der Waals surface area contributed by atoms with Crippen LogP contribution >= 0.6 is 0 Å². The molecule has 0 atom stereocenters. The molecule has 0 aliphatic heterocycles. The Morgan fingerprint density at radius 1 is 1.00 bits per heavy atom. The second-order valence-electron chi connectivity index (χ2n) is 8.45. The van der Waals surface area contributed by atoms with Crippen molar-refractivity contribution >= 4 is 33.9 Å². The van der Waals surface area contributed by atoms with E-state index in [1.54, 1.807) is 6.20 Å². The van der Waals surface area contributed by atoms with Crippen LogP contribution in [0.25, 0.3) is 22.0 Å². The Bertz CT molecular complexity index is 1440. The van der Waals surface area contributed by atoms with Gasteiger partial charge in [-0.3, -0.25) is 9.78 Å². The van der Waals surface area contributed by atoms with E-state index in [2.05, 4.69) is 51.4 Å². The number of fused-ring (bicyclic) bond motifs is 1. The average Bonchev–Trinajstić information content (AvgIpc) is 3.27. The predicted molar refractivity (Wildman–Crippen MR) is 140 cm³/mol. The van der Waals surface area contributed by atoms with Gasteiger partial charge in [0.1, 0.15) is 0 Å². The van der Waals surface area contributed by atoms with Gasteiger partial charge in [-0.25, -0.2) is 0 Å². The van der Waals surface area contributed by atoms with E-state index < -0.39 is 0 Å². The third kappa shape index (κ3) is 4.41. The minimum atomic E-state index is -0.0482. The molecular weight excluding hydrogens is 420 g/mol. The van der Waals surface area contributed by atoms with Gasteiger partial charge >= 0.3 is 0 Å². The van der Waals surface area contributed by atoms with Crippen molar-refractivity contribution in [2.24, 2.45) is 0 Å². The Morgan fingerprint density at radius 3 is 2.62 bits per heavy atom. The molecule has 0 aliphatic carbocycles. The Morgan fingerprint density at radius 2 is 1.82 bits per heavy atom. The summed E-state index contributed by atoms with van der Waals surface area (Å²) in [5.74, 6) is -0.0482. The number of aryl methyl sites for hydroxylation is 1. The molecular formula is C29H26N4O. The number of rotatable bonds is 6. The molecule has 0 fully saturated rings. The second kappa shape index (κ2) is 9.24. The number of nitrogens with zero attached hydrogens (tertiary/aromatic N) is 2. The van der Waals surface area contributed by atoms with Gasteiger partial charge in [-0.05, 0) is 54.4 Å². The summed E-state index contributed by atoms with van der Waals surface area (Å²) in [6.45, 7) is 2.08. The summed E-state index contributed by atoms with van der Waals surface area (Å²) in [5, 5.41) is 4.16. The first-order chi connectivity index (χ1) is 16.6. The van der Waals surface area contributed by atoms with Crippen LogP contribution in [0.4, 0.5) is 17.1 Å². The average molecular weight is 447 g/mol. The summed E-state index contributed by atoms with van der Waals surface area (Å²) < 4.78 is 0. The van der Waals surface area contributed by atoms with Gasteiger partial charge in [0.25, 0.3) is 0 Å². The quantitative estimate of drug-likeness (QED) is 0.313. The molecule has 168 valence electrons. The van der Waals surface area contributed by atoms with Gasteiger partial charge in [0.05, 0.1) is 18.3 Å². The number of nitrogens with one attached hydrogen (secondary N) is 2. The normalized spacial score (nSPS) is 10.9. The van der Waals surface area contributed by atoms with Crippen molar-refractivity contribution in [2.45, 2.75) is 13.3 Å². The number of aromatic amines is 1. The fourth-order valence-electron chi connectivity index (χ4n) is 4.22. The molecule has 34 heavy (non-hydrogen) atoms. The molecule has 3 aromatic carbocycles. The molecule has 2 heterocycles. The van der Waals surface area contributed by atoms with Gasteiger partial charge in [-0.15, -0.1) is 0 Å². The molecule has 0 bridgehead atoms. The SMILES string of the molecule is Cc1ccc(-c2cc(NC(=O)Cc3c[nH]c4ccccc34)ccc2N(C)c2cccnc2)cc1. The monoisotopic (exact) mass is 446 g/mol. The highest BCUT2D eigenvalue weighted by molar-refractivity contribution is 5.97. The molecule has 5 rings (SSSR count). The molecule has 5 nitrogen and oxygen atoms in total. The molecule has 0 radical (unpaired) electrons. The Balaban J connectivity index is 1.45. The Labute approximate surface area is 199 Å². The fraction of sp³-hybridized carbons (Fsp3) is 0.103. The maximum atomic E-state index is 12.9. The Kier molecular flexibility index (Phi) is 5.83. The minimum absolute atomic E-state index is 0.0482. The number of H-pyrrole nitrogens is 1. The van der Waals surface area contributed by atoms with Crippen LogP contribution in [0.5, 0.6) is 0 Å². The number of carbonyl (C=O) groups is 1. The van der Waals surface area contributed by atoms with E-state index in [0.29, 0.717) is 6.42 Å². The van der Waals surface area contributed by atoms with Crippen molar-refractivity contribution in [3.63, 3.8) is 0 Å². The lowest BCUT2D eigenvalue weighted by molar-refractivity contribution is -0.115. The summed E-state index contributed by atoms with van der Waals surface area (Å²) >= 11 is 0. The summed E-state index contributed by atoms with van der Waals surface area (Å²) in [4.78, 5) is 22.5. The lowest BCUT2D eigenvalue weighted by atomic mass is 10.0. The third-order valence-electron chi connectivity index (χ3n) is 6.06. The van der Waals surface area contributed by atoms with Gasteiger partial charge in [0.15, 0.2) is 0 Å². The van der Waals surface area contributed by atoms with E-state index in [9.17, 15) is 4.79 Å². The Hall–Kier alpha value is -4.38. The number of anilines is 3. The van der Waals surface area contributed by atoms with E-state index >= 15 is 0 Å². The minimum Gasteiger partial charge on any atom is -0.361 e. The summed E-state index contributed by atoms with van der Waals surface area (Å²) in [6, 6.07) is 26.5. The molecule has 0 unspecified atom stereocenters. The van der Waals surface area contributed by atoms with Crippen molar-refractivity contribution < 1.29 is 4.79 Å². The molecule has 2 N–H and O–H groups in total. The zero-order valence-corrected chi connectivity index (χ0v) is 19.2. The summed E-state index contributed by atoms with van der Waals surface area (Å²) in [5.41, 5.74) is 8.14. The predicted octanol–water partition coefficient (Wildman–Crippen LogP) is 6.49. The standard InChI is InChI=1S/C29H26N4O/c1-20-9-11-21(12-10-20)26-17-23(13-14-28(26)33(2)24-6-5-15-30-19-24)32-29(34)16-22-18-31-27-8-4-3-7-25(22)27/h3-15,17-19,31H,16H2,1-2H3,(H,32,34). The molecule has 1 amide bonds. The largest absolute Gasteiger partial charge is 0.361 e. The maximum absolute atomic E-state index is 12.9. The molecule has 2 aromatic heterocycles. The molecule has 5 heteroatoms. The first-order valence-corrected chi connectivity index (χ1v) is 11.3. The van der Waals surface area contributed by atoms with Crippen LogP contribution in [-0.4, -0.2) is 22.9 Å². The van der Waals surface area contributed by atoms with Crippen LogP contribution in [0, 0.1) is 6.92 Å². The number of pyridine rings is 1. The second-order valence-corrected chi connectivity index (χ2v) is 8.45. The van der Waals surface area contributed by atoms with Crippen LogP contribution in [0.2, 0.25) is 0 Å². The van der Waals surface area contributed by atoms with Gasteiger partial charge in [0, 0.05) is 47.3 Å². The molecule has 0 saturated carbocycles. The van der Waals surface area contributed by atoms with Gasteiger partial charge in [0.2, 0.25) is 5.91 Å². The van der Waals surface area contributed by atoms with Crippen molar-refractivity contribution in [1.82, 2.24) is 9.97 Å². The lowest BCUT2D eigenvalue weighted by Gasteiger charge is -2.23. The molecule has 0 aliphatic rings. The third-order valence-corrected chi connectivity index (χ3v) is 6.06. The fourth-order valence-corrected chi connectivity index (χ4v) is 4.22. The van der Waals surface area contributed by atoms with E-state index in [1.807, 2.05) is 74.0 Å². The van der Waals surface area contributed by atoms with Gasteiger partial charge in [-0.2, -0.15) is 0 Å². The smallest absolute Gasteiger partial charge is 0.228 e. The molecule has 5 aromatic rings. The molecule has 0 spiro atoms. The van der Waals surface area contributed by atoms with Crippen LogP contribution in [0.15, 0.2) is 97.5 Å². The van der Waals surface area contributed by atoms with E-state index in [0.717, 1.165) is 44.7 Å². The van der Waals surface area contributed by atoms with Crippen molar-refractivity contribution in [1.29, 1.82) is 0 Å². The number of carbonyl (C=O) groups excluding carboxylic acids is 1. The summed E-state index contributed by atoms with van der Waals surface area (Å²) in [6.07, 6.45) is 5.83. The van der Waals surface area contributed by atoms with Crippen molar-refractivity contribution in [2.75, 3.05) is 17.3 Å². The highest BCUT2D eigenvalue weighted by Crippen LogP contribution is 2.36. The van der Waals surface area contributed by atoms with Crippen LogP contribution in [-0.2, 0) is 11.2 Å². The van der Waals surface area contributed by atoms with Crippen molar-refractivity contribution in [3.05, 3.63) is 109 Å². The zero-order chi connectivity index (χ0) is 23.5. The van der Waals surface area contributed by atoms with Crippen LogP contribution in [0.1, 0.15) is 11.1 Å². The number of aromatic nitrogens is 2. The van der Waals surface area contributed by atoms with E-state index in [1.165, 1.54) is 5.56 Å². The van der Waals surface area contributed by atoms with Gasteiger partial charge in [-0.1, -0.05) is 48.0 Å². The van der Waals surface area contributed by atoms with E-state index in [4.69, 9.17) is 0 Å². The number of para-hydroxylation sites is 1. The topological polar surface area (TPSA) is 61.0 Å². The number of benzene rings is 3. The lowest BCUT2D eigenvalue weighted by Crippen LogP contribution is -2.15. The highest BCUT2D eigenvalue weighted by Gasteiger charge is 2.14. The van der Waals surface area contributed by atoms with E-state index in [-0.39, 0.29) is 5.91 Å². The maximum Gasteiger partial charge on any atom is 0.228 e. The van der Waals surface area contributed by atoms with Gasteiger partial charge < -0.3 is 15.2 Å². The first-order valence-electron chi connectivity index (χ1n) is 11.3. The number of hydrogen-bond donors (Lipinski definition) is 2. The van der Waals surface area contributed by atoms with Crippen LogP contribution in [0.3, 0.4) is 0 Å². The first kappa shape index (κ1) is 21.5. The number of hydrogen-bond acceptors (Lipinski definition) is 3. The van der Waals surface area contributed by atoms with Crippen LogP contribution < -0.4 is 10.2 Å². The highest BCUT2D eigenvalue weighted by atomic mass is 16.1. The number of amides is 1. The zero-order valence-electron chi connectivity index (χ0n) is 19.2.